The van der Waals surface area contributed by atoms with Crippen molar-refractivity contribution in [3.05, 3.63) is 24.0 Å². The summed E-state index contributed by atoms with van der Waals surface area (Å²) in [5.41, 5.74) is 2.01. The number of pyridine rings is 1. The highest BCUT2D eigenvalue weighted by molar-refractivity contribution is 8.01. The average molecular weight is 301 g/mol. The van der Waals surface area contributed by atoms with Crippen LogP contribution in [0.3, 0.4) is 0 Å². The van der Waals surface area contributed by atoms with Gasteiger partial charge in [0.15, 0.2) is 9.84 Å². The van der Waals surface area contributed by atoms with Crippen LogP contribution in [-0.4, -0.2) is 50.1 Å². The topological polar surface area (TPSA) is 62.3 Å². The van der Waals surface area contributed by atoms with Gasteiger partial charge in [-0.15, -0.1) is 0 Å². The molecule has 2 rings (SSSR count). The van der Waals surface area contributed by atoms with Gasteiger partial charge in [-0.05, 0) is 13.1 Å². The molecular weight excluding hydrogens is 282 g/mol. The van der Waals surface area contributed by atoms with Crippen LogP contribution in [0.5, 0.6) is 0 Å². The van der Waals surface area contributed by atoms with E-state index in [1.54, 1.807) is 24.2 Å². The van der Waals surface area contributed by atoms with Gasteiger partial charge in [-0.3, -0.25) is 4.98 Å². The number of sulfone groups is 1. The Balaban J connectivity index is 2.37. The van der Waals surface area contributed by atoms with Gasteiger partial charge in [-0.25, -0.2) is 8.42 Å². The Morgan fingerprint density at radius 2 is 2.37 bits per heavy atom. The summed E-state index contributed by atoms with van der Waals surface area (Å²) in [7, 11) is -1.22. The molecule has 19 heavy (non-hydrogen) atoms. The molecule has 1 N–H and O–H groups in total. The third-order valence-electron chi connectivity index (χ3n) is 3.13. The zero-order chi connectivity index (χ0) is 13.9. The van der Waals surface area contributed by atoms with Crippen LogP contribution < -0.4 is 10.2 Å². The molecule has 0 radical (unpaired) electrons. The molecule has 1 aliphatic rings. The van der Waals surface area contributed by atoms with Crippen LogP contribution >= 0.6 is 11.8 Å². The number of thioether (sulfide) groups is 1. The lowest BCUT2D eigenvalue weighted by atomic mass is 10.2. The van der Waals surface area contributed by atoms with E-state index in [1.165, 1.54) is 6.26 Å². The van der Waals surface area contributed by atoms with E-state index < -0.39 is 15.2 Å². The Hall–Kier alpha value is -0.790. The molecule has 0 bridgehead atoms. The van der Waals surface area contributed by atoms with E-state index >= 15 is 0 Å². The minimum atomic E-state index is -3.09. The van der Waals surface area contributed by atoms with Crippen LogP contribution in [0.1, 0.15) is 5.56 Å². The minimum absolute atomic E-state index is 0.441. The lowest BCUT2D eigenvalue weighted by Crippen LogP contribution is -2.47. The smallest absolute Gasteiger partial charge is 0.169 e. The van der Waals surface area contributed by atoms with E-state index in [4.69, 9.17) is 0 Å². The average Bonchev–Trinajstić information content (AvgIpc) is 2.39. The molecule has 1 fully saturated rings. The highest BCUT2D eigenvalue weighted by atomic mass is 32.2. The standard InChI is InChI=1S/C12H19N3O2S2/c1-13-7-10-8-14-4-3-11(10)15-5-6-18-9-12(15)19(2,16)17/h3-4,8,12-13H,5-7,9H2,1-2H3. The molecule has 0 aromatic carbocycles. The van der Waals surface area contributed by atoms with E-state index in [9.17, 15) is 8.42 Å². The van der Waals surface area contributed by atoms with E-state index in [-0.39, 0.29) is 0 Å². The first-order valence-corrected chi connectivity index (χ1v) is 9.25. The Labute approximate surface area is 118 Å². The fourth-order valence-electron chi connectivity index (χ4n) is 2.24. The lowest BCUT2D eigenvalue weighted by molar-refractivity contribution is 0.584. The minimum Gasteiger partial charge on any atom is -0.353 e. The second-order valence-corrected chi connectivity index (χ2v) is 7.94. The van der Waals surface area contributed by atoms with Gasteiger partial charge in [0.1, 0.15) is 5.37 Å². The fourth-order valence-corrected chi connectivity index (χ4v) is 5.07. The molecule has 5 nitrogen and oxygen atoms in total. The zero-order valence-corrected chi connectivity index (χ0v) is 12.8. The van der Waals surface area contributed by atoms with E-state index in [1.807, 2.05) is 18.0 Å². The molecule has 1 atom stereocenters. The van der Waals surface area contributed by atoms with Crippen LogP contribution in [0.4, 0.5) is 5.69 Å². The van der Waals surface area contributed by atoms with Crippen LogP contribution in [0.25, 0.3) is 0 Å². The first-order chi connectivity index (χ1) is 9.04. The van der Waals surface area contributed by atoms with Crippen LogP contribution in [-0.2, 0) is 16.4 Å². The molecule has 0 amide bonds. The summed E-state index contributed by atoms with van der Waals surface area (Å²) in [6.07, 6.45) is 4.83. The Kier molecular flexibility index (Phi) is 4.70. The van der Waals surface area contributed by atoms with Crippen molar-refractivity contribution in [3.8, 4) is 0 Å². The maximum absolute atomic E-state index is 12.0. The Morgan fingerprint density at radius 3 is 3.05 bits per heavy atom. The first kappa shape index (κ1) is 14.6. The van der Waals surface area contributed by atoms with Gasteiger partial charge in [0, 0.05) is 54.5 Å². The van der Waals surface area contributed by atoms with Crippen molar-refractivity contribution in [1.82, 2.24) is 10.3 Å². The van der Waals surface area contributed by atoms with Crippen LogP contribution in [0.2, 0.25) is 0 Å². The van der Waals surface area contributed by atoms with Gasteiger partial charge in [0.25, 0.3) is 0 Å². The van der Waals surface area contributed by atoms with Crippen molar-refractivity contribution in [1.29, 1.82) is 0 Å². The number of hydrogen-bond acceptors (Lipinski definition) is 6. The first-order valence-electron chi connectivity index (χ1n) is 6.15. The van der Waals surface area contributed by atoms with E-state index in [0.29, 0.717) is 12.3 Å². The largest absolute Gasteiger partial charge is 0.353 e. The second kappa shape index (κ2) is 6.11. The number of anilines is 1. The molecule has 106 valence electrons. The van der Waals surface area contributed by atoms with E-state index in [0.717, 1.165) is 23.5 Å². The molecule has 1 aliphatic heterocycles. The lowest BCUT2D eigenvalue weighted by Gasteiger charge is -2.36. The summed E-state index contributed by atoms with van der Waals surface area (Å²) in [5.74, 6) is 1.58. The normalized spacial score (nSPS) is 20.5. The predicted molar refractivity (Wildman–Crippen MR) is 80.3 cm³/mol. The highest BCUT2D eigenvalue weighted by Crippen LogP contribution is 2.28. The summed E-state index contributed by atoms with van der Waals surface area (Å²) < 4.78 is 23.9. The summed E-state index contributed by atoms with van der Waals surface area (Å²) in [6, 6.07) is 1.90. The summed E-state index contributed by atoms with van der Waals surface area (Å²) in [5, 5.41) is 2.66. The second-order valence-electron chi connectivity index (χ2n) is 4.59. The van der Waals surface area contributed by atoms with Gasteiger partial charge >= 0.3 is 0 Å². The monoisotopic (exact) mass is 301 g/mol. The molecule has 2 heterocycles. The molecule has 1 aromatic rings. The Morgan fingerprint density at radius 1 is 1.58 bits per heavy atom. The number of aromatic nitrogens is 1. The van der Waals surface area contributed by atoms with Crippen molar-refractivity contribution >= 4 is 27.3 Å². The van der Waals surface area contributed by atoms with E-state index in [2.05, 4.69) is 10.3 Å². The fraction of sp³-hybridized carbons (Fsp3) is 0.583. The molecule has 1 saturated heterocycles. The Bertz CT molecular complexity index is 534. The third-order valence-corrected chi connectivity index (χ3v) is 5.78. The number of nitrogens with one attached hydrogen (secondary N) is 1. The predicted octanol–water partition coefficient (Wildman–Crippen LogP) is 0.725. The van der Waals surface area contributed by atoms with Gasteiger partial charge in [0.2, 0.25) is 0 Å². The molecule has 0 aliphatic carbocycles. The third kappa shape index (κ3) is 3.40. The van der Waals surface area contributed by atoms with Crippen molar-refractivity contribution in [2.75, 3.05) is 36.3 Å². The number of hydrogen-bond donors (Lipinski definition) is 1. The van der Waals surface area contributed by atoms with Gasteiger partial charge in [-0.1, -0.05) is 0 Å². The SMILES string of the molecule is CNCc1cnccc1N1CCSCC1S(C)(=O)=O. The van der Waals surface area contributed by atoms with Gasteiger partial charge < -0.3 is 10.2 Å². The quantitative estimate of drug-likeness (QED) is 0.884. The zero-order valence-electron chi connectivity index (χ0n) is 11.2. The van der Waals surface area contributed by atoms with Gasteiger partial charge in [-0.2, -0.15) is 11.8 Å². The van der Waals surface area contributed by atoms with Crippen molar-refractivity contribution < 1.29 is 8.42 Å². The summed E-state index contributed by atoms with van der Waals surface area (Å²) >= 11 is 1.70. The number of nitrogens with zero attached hydrogens (tertiary/aromatic N) is 2. The van der Waals surface area contributed by atoms with Crippen molar-refractivity contribution in [2.24, 2.45) is 0 Å². The highest BCUT2D eigenvalue weighted by Gasteiger charge is 2.32. The molecule has 1 aromatic heterocycles. The van der Waals surface area contributed by atoms with Gasteiger partial charge in [0.05, 0.1) is 0 Å². The molecule has 7 heteroatoms. The molecule has 1 unspecified atom stereocenters. The maximum Gasteiger partial charge on any atom is 0.169 e. The van der Waals surface area contributed by atoms with Crippen molar-refractivity contribution in [2.45, 2.75) is 11.9 Å². The molecule has 0 saturated carbocycles. The van der Waals surface area contributed by atoms with Crippen LogP contribution in [0, 0.1) is 0 Å². The van der Waals surface area contributed by atoms with Crippen LogP contribution in [0.15, 0.2) is 18.5 Å². The van der Waals surface area contributed by atoms with Crippen molar-refractivity contribution in [3.63, 3.8) is 0 Å². The molecular formula is C12H19N3O2S2. The summed E-state index contributed by atoms with van der Waals surface area (Å²) in [6.45, 7) is 1.44. The molecule has 0 spiro atoms. The number of rotatable bonds is 4. The maximum atomic E-state index is 12.0. The summed E-state index contributed by atoms with van der Waals surface area (Å²) in [4.78, 5) is 6.12.